The Balaban J connectivity index is 2.09. The molecule has 0 saturated carbocycles. The van der Waals surface area contributed by atoms with Crippen LogP contribution in [0, 0.1) is 5.92 Å². The number of aliphatic carboxylic acids is 1. The van der Waals surface area contributed by atoms with E-state index >= 15 is 0 Å². The van der Waals surface area contributed by atoms with E-state index in [9.17, 15) is 4.79 Å². The minimum absolute atomic E-state index is 0.101. The van der Waals surface area contributed by atoms with Crippen molar-refractivity contribution in [3.8, 4) is 0 Å². The van der Waals surface area contributed by atoms with Crippen molar-refractivity contribution in [3.63, 3.8) is 0 Å². The maximum Gasteiger partial charge on any atom is 0.305 e. The van der Waals surface area contributed by atoms with Gasteiger partial charge in [-0.1, -0.05) is 6.92 Å². The average Bonchev–Trinajstić information content (AvgIpc) is 2.38. The second-order valence-corrected chi connectivity index (χ2v) is 5.24. The van der Waals surface area contributed by atoms with Crippen LogP contribution in [-0.4, -0.2) is 47.2 Å². The van der Waals surface area contributed by atoms with E-state index in [2.05, 4.69) is 24.1 Å². The summed E-state index contributed by atoms with van der Waals surface area (Å²) in [6.45, 7) is 7.17. The summed E-state index contributed by atoms with van der Waals surface area (Å²) in [4.78, 5) is 13.3. The van der Waals surface area contributed by atoms with Crippen molar-refractivity contribution in [2.45, 2.75) is 38.3 Å². The van der Waals surface area contributed by atoms with Crippen molar-refractivity contribution >= 4 is 5.97 Å². The normalized spacial score (nSPS) is 35.1. The lowest BCUT2D eigenvalue weighted by atomic mass is 9.86. The molecular formula is C11H20N2O2. The van der Waals surface area contributed by atoms with Crippen molar-refractivity contribution in [2.24, 2.45) is 5.92 Å². The Morgan fingerprint density at radius 2 is 2.20 bits per heavy atom. The summed E-state index contributed by atoms with van der Waals surface area (Å²) in [5.74, 6) is 0.0227. The number of carboxylic acid groups (broad SMARTS) is 1. The maximum atomic E-state index is 10.9. The SMILES string of the molecule is CC1CC(C)N(C2(CC(=O)O)CNC2)C1. The molecule has 4 nitrogen and oxygen atoms in total. The van der Waals surface area contributed by atoms with Gasteiger partial charge in [0.25, 0.3) is 0 Å². The van der Waals surface area contributed by atoms with E-state index in [0.29, 0.717) is 12.0 Å². The highest BCUT2D eigenvalue weighted by Gasteiger charge is 2.48. The van der Waals surface area contributed by atoms with E-state index in [0.717, 1.165) is 19.6 Å². The van der Waals surface area contributed by atoms with Crippen LogP contribution in [0.1, 0.15) is 26.7 Å². The smallest absolute Gasteiger partial charge is 0.305 e. The predicted molar refractivity (Wildman–Crippen MR) is 57.8 cm³/mol. The Kier molecular flexibility index (Phi) is 2.73. The number of likely N-dealkylation sites (tertiary alicyclic amines) is 1. The largest absolute Gasteiger partial charge is 0.481 e. The zero-order valence-corrected chi connectivity index (χ0v) is 9.49. The first-order chi connectivity index (χ1) is 7.03. The van der Waals surface area contributed by atoms with Gasteiger partial charge in [0.15, 0.2) is 0 Å². The van der Waals surface area contributed by atoms with Crippen LogP contribution in [0.15, 0.2) is 0 Å². The Morgan fingerprint density at radius 3 is 2.53 bits per heavy atom. The van der Waals surface area contributed by atoms with Gasteiger partial charge in [0.05, 0.1) is 12.0 Å². The van der Waals surface area contributed by atoms with Crippen LogP contribution in [-0.2, 0) is 4.79 Å². The van der Waals surface area contributed by atoms with E-state index in [1.807, 2.05) is 0 Å². The first-order valence-corrected chi connectivity index (χ1v) is 5.73. The molecule has 4 heteroatoms. The molecule has 15 heavy (non-hydrogen) atoms. The Bertz CT molecular complexity index is 263. The minimum atomic E-state index is -0.678. The van der Waals surface area contributed by atoms with Gasteiger partial charge in [0, 0.05) is 25.7 Å². The van der Waals surface area contributed by atoms with E-state index in [-0.39, 0.29) is 12.0 Å². The number of carbonyl (C=O) groups is 1. The third-order valence-electron chi connectivity index (χ3n) is 3.78. The van der Waals surface area contributed by atoms with Crippen LogP contribution in [0.5, 0.6) is 0 Å². The van der Waals surface area contributed by atoms with Crippen LogP contribution in [0.25, 0.3) is 0 Å². The molecule has 0 aromatic rings. The molecule has 2 fully saturated rings. The number of carboxylic acids is 1. The molecule has 2 atom stereocenters. The van der Waals surface area contributed by atoms with Crippen molar-refractivity contribution in [2.75, 3.05) is 19.6 Å². The van der Waals surface area contributed by atoms with E-state index in [4.69, 9.17) is 5.11 Å². The quantitative estimate of drug-likeness (QED) is 0.716. The molecule has 0 spiro atoms. The number of hydrogen-bond acceptors (Lipinski definition) is 3. The van der Waals surface area contributed by atoms with Crippen LogP contribution < -0.4 is 5.32 Å². The number of rotatable bonds is 3. The second kappa shape index (κ2) is 3.76. The first kappa shape index (κ1) is 10.9. The molecule has 2 rings (SSSR count). The van der Waals surface area contributed by atoms with Gasteiger partial charge < -0.3 is 10.4 Å². The zero-order chi connectivity index (χ0) is 11.1. The summed E-state index contributed by atoms with van der Waals surface area (Å²) >= 11 is 0. The van der Waals surface area contributed by atoms with Crippen molar-refractivity contribution < 1.29 is 9.90 Å². The predicted octanol–water partition coefficient (Wildman–Crippen LogP) is 0.533. The molecule has 0 aromatic heterocycles. The van der Waals surface area contributed by atoms with E-state index in [1.165, 1.54) is 6.42 Å². The summed E-state index contributed by atoms with van der Waals surface area (Å²) in [6, 6.07) is 0.529. The molecule has 0 amide bonds. The lowest BCUT2D eigenvalue weighted by Crippen LogP contribution is -2.70. The Morgan fingerprint density at radius 1 is 1.53 bits per heavy atom. The molecule has 2 saturated heterocycles. The van der Waals surface area contributed by atoms with Crippen molar-refractivity contribution in [3.05, 3.63) is 0 Å². The van der Waals surface area contributed by atoms with Gasteiger partial charge in [-0.2, -0.15) is 0 Å². The summed E-state index contributed by atoms with van der Waals surface area (Å²) in [5, 5.41) is 12.2. The molecule has 2 N–H and O–H groups in total. The van der Waals surface area contributed by atoms with Crippen LogP contribution in [0.2, 0.25) is 0 Å². The zero-order valence-electron chi connectivity index (χ0n) is 9.49. The summed E-state index contributed by atoms with van der Waals surface area (Å²) in [7, 11) is 0. The van der Waals surface area contributed by atoms with Crippen LogP contribution in [0.3, 0.4) is 0 Å². The van der Waals surface area contributed by atoms with Gasteiger partial charge in [-0.3, -0.25) is 9.69 Å². The molecular weight excluding hydrogens is 192 g/mol. The highest BCUT2D eigenvalue weighted by molar-refractivity contribution is 5.69. The molecule has 2 heterocycles. The van der Waals surface area contributed by atoms with Gasteiger partial charge in [-0.25, -0.2) is 0 Å². The molecule has 0 bridgehead atoms. The molecule has 2 aliphatic heterocycles. The maximum absolute atomic E-state index is 10.9. The summed E-state index contributed by atoms with van der Waals surface area (Å²) < 4.78 is 0. The number of nitrogens with zero attached hydrogens (tertiary/aromatic N) is 1. The van der Waals surface area contributed by atoms with Gasteiger partial charge >= 0.3 is 5.97 Å². The highest BCUT2D eigenvalue weighted by atomic mass is 16.4. The minimum Gasteiger partial charge on any atom is -0.481 e. The summed E-state index contributed by atoms with van der Waals surface area (Å²) in [6.07, 6.45) is 1.47. The van der Waals surface area contributed by atoms with E-state index < -0.39 is 5.97 Å². The number of nitrogens with one attached hydrogen (secondary N) is 1. The fourth-order valence-corrected chi connectivity index (χ4v) is 3.09. The molecule has 2 unspecified atom stereocenters. The van der Waals surface area contributed by atoms with Crippen LogP contribution in [0.4, 0.5) is 0 Å². The van der Waals surface area contributed by atoms with Gasteiger partial charge in [0.1, 0.15) is 0 Å². The lowest BCUT2D eigenvalue weighted by molar-refractivity contribution is -0.142. The van der Waals surface area contributed by atoms with Gasteiger partial charge in [-0.15, -0.1) is 0 Å². The van der Waals surface area contributed by atoms with Gasteiger partial charge in [-0.05, 0) is 19.3 Å². The molecule has 86 valence electrons. The first-order valence-electron chi connectivity index (χ1n) is 5.73. The molecule has 0 radical (unpaired) electrons. The highest BCUT2D eigenvalue weighted by Crippen LogP contribution is 2.34. The molecule has 2 aliphatic rings. The van der Waals surface area contributed by atoms with Crippen molar-refractivity contribution in [1.82, 2.24) is 10.2 Å². The number of hydrogen-bond donors (Lipinski definition) is 2. The summed E-state index contributed by atoms with van der Waals surface area (Å²) in [5.41, 5.74) is -0.101. The van der Waals surface area contributed by atoms with E-state index in [1.54, 1.807) is 0 Å². The fraction of sp³-hybridized carbons (Fsp3) is 0.909. The van der Waals surface area contributed by atoms with Crippen LogP contribution >= 0.6 is 0 Å². The average molecular weight is 212 g/mol. The monoisotopic (exact) mass is 212 g/mol. The third-order valence-corrected chi connectivity index (χ3v) is 3.78. The Labute approximate surface area is 90.6 Å². The Hall–Kier alpha value is -0.610. The van der Waals surface area contributed by atoms with Gasteiger partial charge in [0.2, 0.25) is 0 Å². The lowest BCUT2D eigenvalue weighted by Gasteiger charge is -2.50. The third kappa shape index (κ3) is 1.88. The van der Waals surface area contributed by atoms with Crippen molar-refractivity contribution in [1.29, 1.82) is 0 Å². The molecule has 0 aromatic carbocycles. The fourth-order valence-electron chi connectivity index (χ4n) is 3.09. The topological polar surface area (TPSA) is 52.6 Å². The second-order valence-electron chi connectivity index (χ2n) is 5.24. The standard InChI is InChI=1S/C11H20N2O2/c1-8-3-9(2)13(5-8)11(4-10(14)15)6-12-7-11/h8-9,12H,3-7H2,1-2H3,(H,14,15). The molecule has 0 aliphatic carbocycles.